The van der Waals surface area contributed by atoms with Crippen LogP contribution in [0.2, 0.25) is 0 Å². The highest BCUT2D eigenvalue weighted by molar-refractivity contribution is 9.10. The second-order valence-electron chi connectivity index (χ2n) is 3.80. The third-order valence-electron chi connectivity index (χ3n) is 2.54. The van der Waals surface area contributed by atoms with Gasteiger partial charge in [-0.25, -0.2) is 0 Å². The molecule has 0 aliphatic rings. The van der Waals surface area contributed by atoms with Gasteiger partial charge in [-0.1, -0.05) is 0 Å². The highest BCUT2D eigenvalue weighted by Gasteiger charge is 2.10. The Morgan fingerprint density at radius 1 is 1.44 bits per heavy atom. The molecule has 1 aromatic heterocycles. The van der Waals surface area contributed by atoms with Gasteiger partial charge in [0.2, 0.25) is 0 Å². The summed E-state index contributed by atoms with van der Waals surface area (Å²) in [5.41, 5.74) is 1.70. The van der Waals surface area contributed by atoms with E-state index in [4.69, 9.17) is 0 Å². The van der Waals surface area contributed by atoms with Crippen LogP contribution in [0.1, 0.15) is 10.4 Å². The second-order valence-corrected chi connectivity index (χ2v) is 5.66. The van der Waals surface area contributed by atoms with E-state index in [1.165, 1.54) is 10.9 Å². The maximum Gasteiger partial charge on any atom is 0.272 e. The van der Waals surface area contributed by atoms with Crippen molar-refractivity contribution in [1.82, 2.24) is 0 Å². The van der Waals surface area contributed by atoms with Crippen molar-refractivity contribution in [3.8, 4) is 0 Å². The van der Waals surface area contributed by atoms with E-state index in [0.29, 0.717) is 12.1 Å². The molecule has 2 rings (SSSR count). The largest absolute Gasteiger partial charge is 0.380 e. The molecule has 0 aliphatic carbocycles. The summed E-state index contributed by atoms with van der Waals surface area (Å²) in [6.07, 6.45) is 0. The summed E-state index contributed by atoms with van der Waals surface area (Å²) in [5, 5.41) is 16.0. The first-order chi connectivity index (χ1) is 8.58. The highest BCUT2D eigenvalue weighted by Crippen LogP contribution is 2.25. The Kier molecular flexibility index (Phi) is 3.98. The van der Waals surface area contributed by atoms with Gasteiger partial charge in [-0.15, -0.1) is 11.3 Å². The van der Waals surface area contributed by atoms with E-state index in [2.05, 4.69) is 21.2 Å². The summed E-state index contributed by atoms with van der Waals surface area (Å²) < 4.78 is 1.08. The second kappa shape index (κ2) is 5.49. The van der Waals surface area contributed by atoms with Gasteiger partial charge < -0.3 is 5.32 Å². The standard InChI is InChI=1S/C12H11BrN2O2S/c1-8-6-9(2-3-11(8)15(16)17)14-7-12-10(13)4-5-18-12/h2-6,14H,7H2,1H3. The average Bonchev–Trinajstić information content (AvgIpc) is 2.72. The van der Waals surface area contributed by atoms with E-state index in [-0.39, 0.29) is 10.6 Å². The Morgan fingerprint density at radius 3 is 2.78 bits per heavy atom. The number of halogens is 1. The molecule has 1 heterocycles. The summed E-state index contributed by atoms with van der Waals surface area (Å²) in [6.45, 7) is 2.44. The van der Waals surface area contributed by atoms with Gasteiger partial charge in [0.15, 0.2) is 0 Å². The number of nitro benzene ring substituents is 1. The first-order valence-electron chi connectivity index (χ1n) is 5.28. The minimum absolute atomic E-state index is 0.151. The SMILES string of the molecule is Cc1cc(NCc2sccc2Br)ccc1[N+](=O)[O-]. The van der Waals surface area contributed by atoms with E-state index >= 15 is 0 Å². The fraction of sp³-hybridized carbons (Fsp3) is 0.167. The molecule has 6 heteroatoms. The number of hydrogen-bond donors (Lipinski definition) is 1. The number of aryl methyl sites for hydroxylation is 1. The van der Waals surface area contributed by atoms with Crippen LogP contribution in [0.5, 0.6) is 0 Å². The molecule has 94 valence electrons. The normalized spacial score (nSPS) is 10.3. The molecule has 0 bridgehead atoms. The van der Waals surface area contributed by atoms with Crippen molar-refractivity contribution >= 4 is 38.6 Å². The maximum atomic E-state index is 10.7. The third-order valence-corrected chi connectivity index (χ3v) is 4.46. The van der Waals surface area contributed by atoms with Crippen molar-refractivity contribution in [2.45, 2.75) is 13.5 Å². The lowest BCUT2D eigenvalue weighted by molar-refractivity contribution is -0.385. The van der Waals surface area contributed by atoms with Crippen molar-refractivity contribution in [2.75, 3.05) is 5.32 Å². The number of hydrogen-bond acceptors (Lipinski definition) is 4. The molecule has 2 aromatic rings. The molecular formula is C12H11BrN2O2S. The first-order valence-corrected chi connectivity index (χ1v) is 6.96. The van der Waals surface area contributed by atoms with E-state index < -0.39 is 0 Å². The molecule has 4 nitrogen and oxygen atoms in total. The molecule has 0 saturated heterocycles. The van der Waals surface area contributed by atoms with Gasteiger partial charge in [-0.2, -0.15) is 0 Å². The van der Waals surface area contributed by atoms with Crippen molar-refractivity contribution in [3.63, 3.8) is 0 Å². The Balaban J connectivity index is 2.09. The zero-order valence-electron chi connectivity index (χ0n) is 9.64. The number of nitrogens with zero attached hydrogens (tertiary/aromatic N) is 1. The molecular weight excluding hydrogens is 316 g/mol. The van der Waals surface area contributed by atoms with Crippen LogP contribution in [0.4, 0.5) is 11.4 Å². The zero-order chi connectivity index (χ0) is 13.1. The molecule has 18 heavy (non-hydrogen) atoms. The first kappa shape index (κ1) is 13.0. The zero-order valence-corrected chi connectivity index (χ0v) is 12.0. The monoisotopic (exact) mass is 326 g/mol. The maximum absolute atomic E-state index is 10.7. The van der Waals surface area contributed by atoms with E-state index in [0.717, 1.165) is 10.2 Å². The lowest BCUT2D eigenvalue weighted by Gasteiger charge is -2.06. The predicted molar refractivity (Wildman–Crippen MR) is 77.2 cm³/mol. The van der Waals surface area contributed by atoms with Crippen LogP contribution in [0.15, 0.2) is 34.1 Å². The van der Waals surface area contributed by atoms with Crippen molar-refractivity contribution < 1.29 is 4.92 Å². The number of anilines is 1. The Labute approximate surface area is 117 Å². The van der Waals surface area contributed by atoms with Crippen LogP contribution in [0.25, 0.3) is 0 Å². The summed E-state index contributed by atoms with van der Waals surface area (Å²) in [6, 6.07) is 7.05. The third kappa shape index (κ3) is 2.88. The average molecular weight is 327 g/mol. The molecule has 0 amide bonds. The van der Waals surface area contributed by atoms with Gasteiger partial charge in [0.05, 0.1) is 11.5 Å². The molecule has 0 spiro atoms. The van der Waals surface area contributed by atoms with Crippen LogP contribution >= 0.6 is 27.3 Å². The smallest absolute Gasteiger partial charge is 0.272 e. The van der Waals surface area contributed by atoms with Crippen molar-refractivity contribution in [1.29, 1.82) is 0 Å². The van der Waals surface area contributed by atoms with Crippen LogP contribution < -0.4 is 5.32 Å². The fourth-order valence-corrected chi connectivity index (χ4v) is 3.04. The predicted octanol–water partition coefficient (Wildman–Crippen LogP) is 4.34. The molecule has 0 radical (unpaired) electrons. The Morgan fingerprint density at radius 2 is 2.22 bits per heavy atom. The molecule has 0 atom stereocenters. The molecule has 1 aromatic carbocycles. The minimum atomic E-state index is -0.366. The Hall–Kier alpha value is -1.40. The minimum Gasteiger partial charge on any atom is -0.380 e. The molecule has 0 saturated carbocycles. The summed E-state index contributed by atoms with van der Waals surface area (Å²) in [5.74, 6) is 0. The van der Waals surface area contributed by atoms with Crippen molar-refractivity contribution in [3.05, 3.63) is 54.7 Å². The van der Waals surface area contributed by atoms with Gasteiger partial charge in [-0.3, -0.25) is 10.1 Å². The summed E-state index contributed by atoms with van der Waals surface area (Å²) in [4.78, 5) is 11.5. The highest BCUT2D eigenvalue weighted by atomic mass is 79.9. The van der Waals surface area contributed by atoms with Crippen LogP contribution in [-0.4, -0.2) is 4.92 Å². The number of nitrogens with one attached hydrogen (secondary N) is 1. The number of rotatable bonds is 4. The topological polar surface area (TPSA) is 55.2 Å². The van der Waals surface area contributed by atoms with Gasteiger partial charge in [0.25, 0.3) is 5.69 Å². The van der Waals surface area contributed by atoms with Crippen LogP contribution in [-0.2, 0) is 6.54 Å². The van der Waals surface area contributed by atoms with Gasteiger partial charge in [-0.05, 0) is 46.4 Å². The summed E-state index contributed by atoms with van der Waals surface area (Å²) in [7, 11) is 0. The lowest BCUT2D eigenvalue weighted by atomic mass is 10.2. The van der Waals surface area contributed by atoms with Gasteiger partial charge >= 0.3 is 0 Å². The van der Waals surface area contributed by atoms with Crippen LogP contribution in [0.3, 0.4) is 0 Å². The van der Waals surface area contributed by atoms with E-state index in [1.54, 1.807) is 30.4 Å². The molecule has 1 N–H and O–H groups in total. The summed E-state index contributed by atoms with van der Waals surface area (Å²) >= 11 is 5.13. The number of nitro groups is 1. The molecule has 0 fully saturated rings. The molecule has 0 aliphatic heterocycles. The van der Waals surface area contributed by atoms with E-state index in [1.807, 2.05) is 11.4 Å². The van der Waals surface area contributed by atoms with Crippen molar-refractivity contribution in [2.24, 2.45) is 0 Å². The number of benzene rings is 1. The number of thiophene rings is 1. The Bertz CT molecular complexity index is 583. The quantitative estimate of drug-likeness (QED) is 0.671. The van der Waals surface area contributed by atoms with E-state index in [9.17, 15) is 10.1 Å². The fourth-order valence-electron chi connectivity index (χ4n) is 1.60. The molecule has 0 unspecified atom stereocenters. The van der Waals surface area contributed by atoms with Gasteiger partial charge in [0.1, 0.15) is 0 Å². The van der Waals surface area contributed by atoms with Crippen LogP contribution in [0, 0.1) is 17.0 Å². The van der Waals surface area contributed by atoms with Gasteiger partial charge in [0, 0.05) is 26.7 Å². The lowest BCUT2D eigenvalue weighted by Crippen LogP contribution is -1.99.